The predicted molar refractivity (Wildman–Crippen MR) is 71.9 cm³/mol. The van der Waals surface area contributed by atoms with Gasteiger partial charge in [0.05, 0.1) is 17.2 Å². The Hall–Kier alpha value is -1.30. The summed E-state index contributed by atoms with van der Waals surface area (Å²) in [5.74, 6) is 1.40. The lowest BCUT2D eigenvalue weighted by atomic mass is 10.2. The maximum Gasteiger partial charge on any atom is 0.154 e. The lowest BCUT2D eigenvalue weighted by Gasteiger charge is -2.35. The summed E-state index contributed by atoms with van der Waals surface area (Å²) in [6.07, 6.45) is 2.64. The SMILES string of the molecule is Cc1ccnc2c1NCCC1CS(=O)(=O)CCN21. The van der Waals surface area contributed by atoms with Crippen LogP contribution < -0.4 is 10.2 Å². The van der Waals surface area contributed by atoms with Crippen molar-refractivity contribution in [3.8, 4) is 0 Å². The minimum atomic E-state index is -2.88. The molecule has 0 radical (unpaired) electrons. The van der Waals surface area contributed by atoms with Gasteiger partial charge in [-0.25, -0.2) is 13.4 Å². The van der Waals surface area contributed by atoms with E-state index >= 15 is 0 Å². The van der Waals surface area contributed by atoms with Gasteiger partial charge in [0.2, 0.25) is 0 Å². The number of nitrogens with one attached hydrogen (secondary N) is 1. The average molecular weight is 267 g/mol. The van der Waals surface area contributed by atoms with Crippen molar-refractivity contribution < 1.29 is 8.42 Å². The minimum absolute atomic E-state index is 0.0619. The fourth-order valence-electron chi connectivity index (χ4n) is 2.75. The van der Waals surface area contributed by atoms with E-state index in [1.54, 1.807) is 6.20 Å². The number of sulfone groups is 1. The molecule has 1 unspecified atom stereocenters. The zero-order chi connectivity index (χ0) is 12.8. The molecule has 1 aromatic rings. The molecule has 1 aromatic heterocycles. The topological polar surface area (TPSA) is 62.3 Å². The molecular formula is C12H17N3O2S. The fraction of sp³-hybridized carbons (Fsp3) is 0.583. The lowest BCUT2D eigenvalue weighted by molar-refractivity contribution is 0.548. The number of nitrogens with zero attached hydrogens (tertiary/aromatic N) is 2. The number of fused-ring (bicyclic) bond motifs is 3. The number of hydrogen-bond acceptors (Lipinski definition) is 5. The van der Waals surface area contributed by atoms with Crippen LogP contribution in [-0.4, -0.2) is 44.0 Å². The molecule has 98 valence electrons. The normalized spacial score (nSPS) is 25.6. The van der Waals surface area contributed by atoms with Gasteiger partial charge in [0.1, 0.15) is 0 Å². The average Bonchev–Trinajstić information content (AvgIpc) is 2.47. The van der Waals surface area contributed by atoms with Crippen LogP contribution in [0.3, 0.4) is 0 Å². The van der Waals surface area contributed by atoms with Crippen molar-refractivity contribution >= 4 is 21.3 Å². The summed E-state index contributed by atoms with van der Waals surface area (Å²) < 4.78 is 23.5. The number of pyridine rings is 1. The van der Waals surface area contributed by atoms with E-state index in [4.69, 9.17) is 0 Å². The third-order valence-electron chi connectivity index (χ3n) is 3.72. The lowest BCUT2D eigenvalue weighted by Crippen LogP contribution is -2.48. The number of aromatic nitrogens is 1. The van der Waals surface area contributed by atoms with Gasteiger partial charge in [0.15, 0.2) is 15.7 Å². The van der Waals surface area contributed by atoms with Crippen LogP contribution in [0.1, 0.15) is 12.0 Å². The Labute approximate surface area is 107 Å². The predicted octanol–water partition coefficient (Wildman–Crippen LogP) is 0.809. The molecule has 0 saturated carbocycles. The van der Waals surface area contributed by atoms with Gasteiger partial charge in [0, 0.05) is 25.3 Å². The Morgan fingerprint density at radius 2 is 2.33 bits per heavy atom. The summed E-state index contributed by atoms with van der Waals surface area (Å²) >= 11 is 0. The Morgan fingerprint density at radius 3 is 3.17 bits per heavy atom. The summed E-state index contributed by atoms with van der Waals surface area (Å²) in [7, 11) is -2.88. The molecule has 5 nitrogen and oxygen atoms in total. The molecule has 1 atom stereocenters. The standard InChI is InChI=1S/C12H17N3O2S/c1-9-2-4-14-12-11(9)13-5-3-10-8-18(16,17)7-6-15(10)12/h2,4,10,13H,3,5-8H2,1H3. The Bertz CT molecular complexity index is 571. The van der Waals surface area contributed by atoms with Crippen LogP contribution in [0, 0.1) is 6.92 Å². The van der Waals surface area contributed by atoms with Crippen LogP contribution in [0.5, 0.6) is 0 Å². The van der Waals surface area contributed by atoms with Crippen LogP contribution in [0.15, 0.2) is 12.3 Å². The maximum atomic E-state index is 11.7. The van der Waals surface area contributed by atoms with Crippen molar-refractivity contribution in [1.82, 2.24) is 4.98 Å². The van der Waals surface area contributed by atoms with Crippen LogP contribution in [-0.2, 0) is 9.84 Å². The maximum absolute atomic E-state index is 11.7. The van der Waals surface area contributed by atoms with Gasteiger partial charge >= 0.3 is 0 Å². The number of hydrogen-bond donors (Lipinski definition) is 1. The van der Waals surface area contributed by atoms with Crippen LogP contribution in [0.2, 0.25) is 0 Å². The zero-order valence-corrected chi connectivity index (χ0v) is 11.2. The fourth-order valence-corrected chi connectivity index (χ4v) is 4.32. The molecule has 3 rings (SSSR count). The van der Waals surface area contributed by atoms with Gasteiger partial charge in [-0.15, -0.1) is 0 Å². The van der Waals surface area contributed by atoms with E-state index in [0.29, 0.717) is 6.54 Å². The third-order valence-corrected chi connectivity index (χ3v) is 5.42. The highest BCUT2D eigenvalue weighted by Crippen LogP contribution is 2.33. The summed E-state index contributed by atoms with van der Waals surface area (Å²) in [5, 5.41) is 3.38. The molecule has 3 heterocycles. The van der Waals surface area contributed by atoms with E-state index in [-0.39, 0.29) is 17.5 Å². The molecule has 6 heteroatoms. The van der Waals surface area contributed by atoms with Gasteiger partial charge < -0.3 is 10.2 Å². The van der Waals surface area contributed by atoms with Gasteiger partial charge in [-0.3, -0.25) is 0 Å². The van der Waals surface area contributed by atoms with E-state index in [2.05, 4.69) is 22.1 Å². The first-order chi connectivity index (χ1) is 8.57. The molecule has 0 aliphatic carbocycles. The monoisotopic (exact) mass is 267 g/mol. The molecule has 18 heavy (non-hydrogen) atoms. The van der Waals surface area contributed by atoms with E-state index in [0.717, 1.165) is 30.0 Å². The van der Waals surface area contributed by atoms with Crippen molar-refractivity contribution in [1.29, 1.82) is 0 Å². The first kappa shape index (κ1) is 11.8. The third kappa shape index (κ3) is 1.94. The largest absolute Gasteiger partial charge is 0.382 e. The molecular weight excluding hydrogens is 250 g/mol. The van der Waals surface area contributed by atoms with Gasteiger partial charge in [-0.05, 0) is 25.0 Å². The molecule has 1 saturated heterocycles. The molecule has 0 amide bonds. The van der Waals surface area contributed by atoms with Gasteiger partial charge in [-0.2, -0.15) is 0 Å². The van der Waals surface area contributed by atoms with E-state index in [1.807, 2.05) is 6.07 Å². The first-order valence-electron chi connectivity index (χ1n) is 6.23. The second-order valence-electron chi connectivity index (χ2n) is 5.00. The van der Waals surface area contributed by atoms with Gasteiger partial charge in [-0.1, -0.05) is 0 Å². The molecule has 2 aliphatic heterocycles. The van der Waals surface area contributed by atoms with Crippen LogP contribution >= 0.6 is 0 Å². The second kappa shape index (κ2) is 4.12. The number of anilines is 2. The second-order valence-corrected chi connectivity index (χ2v) is 7.23. The molecule has 2 aliphatic rings. The van der Waals surface area contributed by atoms with Gasteiger partial charge in [0.25, 0.3) is 0 Å². The Morgan fingerprint density at radius 1 is 1.50 bits per heavy atom. The van der Waals surface area contributed by atoms with Crippen LogP contribution in [0.4, 0.5) is 11.5 Å². The quantitative estimate of drug-likeness (QED) is 0.753. The van der Waals surface area contributed by atoms with E-state index in [9.17, 15) is 8.42 Å². The summed E-state index contributed by atoms with van der Waals surface area (Å²) in [4.78, 5) is 6.60. The van der Waals surface area contributed by atoms with Crippen molar-refractivity contribution in [2.45, 2.75) is 19.4 Å². The van der Waals surface area contributed by atoms with Crippen LogP contribution in [0.25, 0.3) is 0 Å². The summed E-state index contributed by atoms with van der Waals surface area (Å²) in [5.41, 5.74) is 2.22. The highest BCUT2D eigenvalue weighted by Gasteiger charge is 2.34. The van der Waals surface area contributed by atoms with E-state index in [1.165, 1.54) is 0 Å². The zero-order valence-electron chi connectivity index (χ0n) is 10.4. The highest BCUT2D eigenvalue weighted by atomic mass is 32.2. The summed E-state index contributed by atoms with van der Waals surface area (Å²) in [6.45, 7) is 3.41. The van der Waals surface area contributed by atoms with E-state index < -0.39 is 9.84 Å². The van der Waals surface area contributed by atoms with Crippen molar-refractivity contribution in [3.05, 3.63) is 17.8 Å². The smallest absolute Gasteiger partial charge is 0.154 e. The molecule has 0 aromatic carbocycles. The minimum Gasteiger partial charge on any atom is -0.382 e. The number of aryl methyl sites for hydroxylation is 1. The molecule has 0 bridgehead atoms. The van der Waals surface area contributed by atoms with Crippen molar-refractivity contribution in [3.63, 3.8) is 0 Å². The molecule has 1 N–H and O–H groups in total. The molecule has 1 fully saturated rings. The highest BCUT2D eigenvalue weighted by molar-refractivity contribution is 7.91. The first-order valence-corrected chi connectivity index (χ1v) is 8.05. The van der Waals surface area contributed by atoms with Crippen molar-refractivity contribution in [2.24, 2.45) is 0 Å². The molecule has 0 spiro atoms. The Kier molecular flexibility index (Phi) is 2.69. The van der Waals surface area contributed by atoms with Crippen molar-refractivity contribution in [2.75, 3.05) is 34.8 Å². The Balaban J connectivity index is 2.03. The number of rotatable bonds is 0. The summed E-state index contributed by atoms with van der Waals surface area (Å²) in [6, 6.07) is 2.04.